The molecule has 1 aromatic carbocycles. The molecule has 7 heteroatoms. The molecule has 0 heterocycles. The van der Waals surface area contributed by atoms with Crippen molar-refractivity contribution in [3.63, 3.8) is 0 Å². The van der Waals surface area contributed by atoms with Gasteiger partial charge in [-0.3, -0.25) is 4.79 Å². The molecule has 120 valence electrons. The summed E-state index contributed by atoms with van der Waals surface area (Å²) in [6.45, 7) is 0.0827. The molecule has 2 saturated carbocycles. The van der Waals surface area contributed by atoms with Crippen LogP contribution in [0.2, 0.25) is 0 Å². The van der Waals surface area contributed by atoms with E-state index in [9.17, 15) is 18.7 Å². The first-order valence-electron chi connectivity index (χ1n) is 6.94. The third-order valence-electron chi connectivity index (χ3n) is 4.58. The van der Waals surface area contributed by atoms with Gasteiger partial charge in [-0.1, -0.05) is 0 Å². The van der Waals surface area contributed by atoms with Crippen molar-refractivity contribution in [1.29, 1.82) is 0 Å². The lowest BCUT2D eigenvalue weighted by molar-refractivity contribution is -0.135. The number of amides is 1. The normalized spacial score (nSPS) is 30.8. The number of rotatable bonds is 5. The zero-order chi connectivity index (χ0) is 16.1. The number of fused-ring (bicyclic) bond motifs is 1. The van der Waals surface area contributed by atoms with Crippen molar-refractivity contribution in [3.05, 3.63) is 23.8 Å². The lowest BCUT2D eigenvalue weighted by Gasteiger charge is -2.22. The summed E-state index contributed by atoms with van der Waals surface area (Å²) >= 11 is 0. The molecule has 22 heavy (non-hydrogen) atoms. The SMILES string of the molecule is COc1ccc(CNC(=O)C2(O)C3CC(F)(F)C32)c(OC)c1. The van der Waals surface area contributed by atoms with Crippen LogP contribution in [0.4, 0.5) is 8.78 Å². The Hall–Kier alpha value is -1.89. The summed E-state index contributed by atoms with van der Waals surface area (Å²) in [5, 5.41) is 12.6. The van der Waals surface area contributed by atoms with Crippen molar-refractivity contribution in [2.45, 2.75) is 24.5 Å². The summed E-state index contributed by atoms with van der Waals surface area (Å²) in [6, 6.07) is 5.07. The molecule has 0 bridgehead atoms. The number of methoxy groups -OCH3 is 2. The van der Waals surface area contributed by atoms with Crippen LogP contribution in [0, 0.1) is 11.8 Å². The number of aliphatic hydroxyl groups is 1. The monoisotopic (exact) mass is 313 g/mol. The molecule has 2 N–H and O–H groups in total. The number of carbonyl (C=O) groups is 1. The minimum atomic E-state index is -2.94. The Morgan fingerprint density at radius 1 is 1.41 bits per heavy atom. The van der Waals surface area contributed by atoms with Gasteiger partial charge in [0.2, 0.25) is 0 Å². The summed E-state index contributed by atoms with van der Waals surface area (Å²) in [6.07, 6.45) is -0.423. The van der Waals surface area contributed by atoms with Gasteiger partial charge in [0, 0.05) is 30.5 Å². The number of hydrogen-bond donors (Lipinski definition) is 2. The van der Waals surface area contributed by atoms with Crippen LogP contribution < -0.4 is 14.8 Å². The van der Waals surface area contributed by atoms with Crippen molar-refractivity contribution < 1.29 is 28.2 Å². The number of benzene rings is 1. The molecule has 1 amide bonds. The van der Waals surface area contributed by atoms with Crippen LogP contribution in [0.1, 0.15) is 12.0 Å². The van der Waals surface area contributed by atoms with Gasteiger partial charge in [-0.25, -0.2) is 8.78 Å². The second-order valence-electron chi connectivity index (χ2n) is 5.74. The minimum absolute atomic E-state index is 0.0827. The maximum absolute atomic E-state index is 13.2. The summed E-state index contributed by atoms with van der Waals surface area (Å²) in [5.41, 5.74) is -1.26. The van der Waals surface area contributed by atoms with E-state index in [0.29, 0.717) is 17.1 Å². The van der Waals surface area contributed by atoms with Crippen LogP contribution in [0.3, 0.4) is 0 Å². The van der Waals surface area contributed by atoms with E-state index in [0.717, 1.165) is 0 Å². The van der Waals surface area contributed by atoms with Gasteiger partial charge in [0.05, 0.1) is 20.1 Å². The highest BCUT2D eigenvalue weighted by Gasteiger charge is 2.85. The molecule has 3 rings (SSSR count). The molecular weight excluding hydrogens is 296 g/mol. The number of halogens is 2. The van der Waals surface area contributed by atoms with Crippen molar-refractivity contribution in [2.24, 2.45) is 11.8 Å². The molecule has 3 unspecified atom stereocenters. The first-order valence-corrected chi connectivity index (χ1v) is 6.94. The molecule has 3 atom stereocenters. The minimum Gasteiger partial charge on any atom is -0.497 e. The van der Waals surface area contributed by atoms with E-state index in [-0.39, 0.29) is 6.54 Å². The molecule has 0 radical (unpaired) electrons. The number of alkyl halides is 2. The van der Waals surface area contributed by atoms with E-state index in [1.165, 1.54) is 14.2 Å². The summed E-state index contributed by atoms with van der Waals surface area (Å²) in [5.74, 6) is -4.44. The Morgan fingerprint density at radius 2 is 2.14 bits per heavy atom. The average Bonchev–Trinajstić information content (AvgIpc) is 3.04. The lowest BCUT2D eigenvalue weighted by atomic mass is 9.95. The van der Waals surface area contributed by atoms with Gasteiger partial charge in [0.25, 0.3) is 11.8 Å². The first kappa shape index (κ1) is 15.0. The fourth-order valence-electron chi connectivity index (χ4n) is 3.22. The zero-order valence-electron chi connectivity index (χ0n) is 12.2. The largest absolute Gasteiger partial charge is 0.497 e. The van der Waals surface area contributed by atoms with Crippen LogP contribution in [-0.2, 0) is 11.3 Å². The fraction of sp³-hybridized carbons (Fsp3) is 0.533. The Kier molecular flexibility index (Phi) is 3.28. The summed E-state index contributed by atoms with van der Waals surface area (Å²) < 4.78 is 36.7. The van der Waals surface area contributed by atoms with Crippen molar-refractivity contribution in [2.75, 3.05) is 14.2 Å². The van der Waals surface area contributed by atoms with Gasteiger partial charge in [0.1, 0.15) is 11.5 Å². The topological polar surface area (TPSA) is 67.8 Å². The molecule has 5 nitrogen and oxygen atoms in total. The third-order valence-corrected chi connectivity index (χ3v) is 4.58. The van der Waals surface area contributed by atoms with Crippen LogP contribution in [0.25, 0.3) is 0 Å². The molecular formula is C15H17F2NO4. The number of hydrogen-bond acceptors (Lipinski definition) is 4. The van der Waals surface area contributed by atoms with Gasteiger partial charge >= 0.3 is 0 Å². The lowest BCUT2D eigenvalue weighted by Crippen LogP contribution is -2.38. The quantitative estimate of drug-likeness (QED) is 0.861. The summed E-state index contributed by atoms with van der Waals surface area (Å²) in [4.78, 5) is 12.0. The standard InChI is InChI=1S/C15H17F2NO4/c1-21-9-4-3-8(11(5-9)22-2)7-18-13(19)15(20)10-6-14(16,17)12(10)15/h3-5,10,12,20H,6-7H2,1-2H3,(H,18,19). The highest BCUT2D eigenvalue weighted by molar-refractivity contribution is 5.90. The fourth-order valence-corrected chi connectivity index (χ4v) is 3.22. The van der Waals surface area contributed by atoms with Crippen molar-refractivity contribution in [1.82, 2.24) is 5.32 Å². The molecule has 0 aliphatic heterocycles. The van der Waals surface area contributed by atoms with Gasteiger partial charge in [-0.15, -0.1) is 0 Å². The molecule has 0 aromatic heterocycles. The second kappa shape index (κ2) is 4.81. The highest BCUT2D eigenvalue weighted by atomic mass is 19.3. The number of ether oxygens (including phenoxy) is 2. The molecule has 2 aliphatic rings. The van der Waals surface area contributed by atoms with Crippen molar-refractivity contribution in [3.8, 4) is 11.5 Å². The van der Waals surface area contributed by atoms with E-state index in [1.807, 2.05) is 0 Å². The van der Waals surface area contributed by atoms with Gasteiger partial charge < -0.3 is 19.9 Å². The zero-order valence-corrected chi connectivity index (χ0v) is 12.2. The Balaban J connectivity index is 1.65. The van der Waals surface area contributed by atoms with Gasteiger partial charge in [-0.2, -0.15) is 0 Å². The molecule has 2 fully saturated rings. The highest BCUT2D eigenvalue weighted by Crippen LogP contribution is 2.71. The van der Waals surface area contributed by atoms with Gasteiger partial charge in [-0.05, 0) is 12.1 Å². The maximum Gasteiger partial charge on any atom is 0.255 e. The van der Waals surface area contributed by atoms with E-state index in [2.05, 4.69) is 5.32 Å². The van der Waals surface area contributed by atoms with E-state index in [1.54, 1.807) is 18.2 Å². The number of nitrogens with one attached hydrogen (secondary N) is 1. The Bertz CT molecular complexity index is 622. The molecule has 0 spiro atoms. The van der Waals surface area contributed by atoms with Crippen LogP contribution >= 0.6 is 0 Å². The van der Waals surface area contributed by atoms with Crippen LogP contribution in [0.15, 0.2) is 18.2 Å². The molecule has 2 aliphatic carbocycles. The molecule has 1 aromatic rings. The second-order valence-corrected chi connectivity index (χ2v) is 5.74. The van der Waals surface area contributed by atoms with Gasteiger partial charge in [0.15, 0.2) is 5.60 Å². The summed E-state index contributed by atoms with van der Waals surface area (Å²) in [7, 11) is 3.00. The van der Waals surface area contributed by atoms with Crippen molar-refractivity contribution >= 4 is 5.91 Å². The Morgan fingerprint density at radius 3 is 2.64 bits per heavy atom. The van der Waals surface area contributed by atoms with E-state index < -0.39 is 35.7 Å². The van der Waals surface area contributed by atoms with E-state index >= 15 is 0 Å². The predicted molar refractivity (Wildman–Crippen MR) is 72.9 cm³/mol. The van der Waals surface area contributed by atoms with E-state index in [4.69, 9.17) is 9.47 Å². The third kappa shape index (κ3) is 2.03. The predicted octanol–water partition coefficient (Wildman–Crippen LogP) is 1.34. The average molecular weight is 313 g/mol. The smallest absolute Gasteiger partial charge is 0.255 e. The first-order chi connectivity index (χ1) is 10.3. The van der Waals surface area contributed by atoms with Crippen LogP contribution in [-0.4, -0.2) is 36.8 Å². The Labute approximate surface area is 126 Å². The van der Waals surface area contributed by atoms with Crippen LogP contribution in [0.5, 0.6) is 11.5 Å². The number of carbonyl (C=O) groups excluding carboxylic acids is 1. The maximum atomic E-state index is 13.2. The molecule has 0 saturated heterocycles.